The van der Waals surface area contributed by atoms with Crippen molar-refractivity contribution in [3.63, 3.8) is 0 Å². The highest BCUT2D eigenvalue weighted by Crippen LogP contribution is 2.37. The molecule has 48 heavy (non-hydrogen) atoms. The molecule has 0 saturated carbocycles. The van der Waals surface area contributed by atoms with Gasteiger partial charge in [0.15, 0.2) is 11.4 Å². The SMILES string of the molecule is CCCCC1=N[C@@]2(CCCN(C(=O)C(C)C)C2)C(=O)N1Cc1ccc(-c2ccccc2S(=O)(=O)Nc2noc(C)c2C)c(COCC)c1. The molecule has 0 bridgehead atoms. The maximum atomic E-state index is 14.2. The highest BCUT2D eigenvalue weighted by Gasteiger charge is 2.51. The molecule has 1 spiro atoms. The number of nitrogens with one attached hydrogen (secondary N) is 1. The van der Waals surface area contributed by atoms with Crippen LogP contribution in [0.1, 0.15) is 82.2 Å². The average molecular weight is 678 g/mol. The number of carbonyl (C=O) groups excluding carboxylic acids is 2. The second kappa shape index (κ2) is 14.6. The number of benzene rings is 2. The van der Waals surface area contributed by atoms with Crippen LogP contribution in [0.5, 0.6) is 0 Å². The van der Waals surface area contributed by atoms with Gasteiger partial charge < -0.3 is 14.2 Å². The number of amidine groups is 1. The summed E-state index contributed by atoms with van der Waals surface area (Å²) in [5.74, 6) is 1.28. The second-order valence-corrected chi connectivity index (χ2v) is 14.7. The van der Waals surface area contributed by atoms with E-state index in [1.54, 1.807) is 47.9 Å². The number of aryl methyl sites for hydroxylation is 1. The number of hydrogen-bond donors (Lipinski definition) is 1. The first-order chi connectivity index (χ1) is 22.9. The largest absolute Gasteiger partial charge is 0.377 e. The van der Waals surface area contributed by atoms with Crippen molar-refractivity contribution < 1.29 is 27.3 Å². The minimum atomic E-state index is -4.03. The van der Waals surface area contributed by atoms with Crippen molar-refractivity contribution in [1.29, 1.82) is 0 Å². The van der Waals surface area contributed by atoms with Crippen molar-refractivity contribution in [3.05, 3.63) is 64.9 Å². The van der Waals surface area contributed by atoms with Gasteiger partial charge in [0.2, 0.25) is 5.91 Å². The minimum absolute atomic E-state index is 0.0468. The van der Waals surface area contributed by atoms with Crippen molar-refractivity contribution in [2.75, 3.05) is 24.4 Å². The van der Waals surface area contributed by atoms with Gasteiger partial charge in [-0.2, -0.15) is 0 Å². The molecule has 1 atom stereocenters. The van der Waals surface area contributed by atoms with Gasteiger partial charge in [0, 0.05) is 36.6 Å². The lowest BCUT2D eigenvalue weighted by atomic mass is 9.88. The molecule has 258 valence electrons. The number of hydrogen-bond acceptors (Lipinski definition) is 8. The number of likely N-dealkylation sites (tertiary alicyclic amines) is 1. The predicted octanol–water partition coefficient (Wildman–Crippen LogP) is 6.24. The van der Waals surface area contributed by atoms with E-state index in [-0.39, 0.29) is 35.1 Å². The van der Waals surface area contributed by atoms with E-state index in [2.05, 4.69) is 16.8 Å². The van der Waals surface area contributed by atoms with Crippen LogP contribution >= 0.6 is 0 Å². The first-order valence-electron chi connectivity index (χ1n) is 16.8. The molecule has 1 N–H and O–H groups in total. The van der Waals surface area contributed by atoms with Crippen LogP contribution in [0.15, 0.2) is 56.9 Å². The minimum Gasteiger partial charge on any atom is -0.377 e. The molecule has 5 rings (SSSR count). The molecule has 1 aromatic heterocycles. The number of ether oxygens (including phenoxy) is 1. The van der Waals surface area contributed by atoms with E-state index in [9.17, 15) is 18.0 Å². The van der Waals surface area contributed by atoms with Crippen LogP contribution in [0.2, 0.25) is 0 Å². The number of unbranched alkanes of at least 4 members (excludes halogenated alkanes) is 1. The molecule has 2 aliphatic heterocycles. The molecule has 0 radical (unpaired) electrons. The van der Waals surface area contributed by atoms with Crippen LogP contribution in [0.4, 0.5) is 5.82 Å². The van der Waals surface area contributed by atoms with Crippen molar-refractivity contribution in [3.8, 4) is 11.1 Å². The van der Waals surface area contributed by atoms with Crippen LogP contribution in [0, 0.1) is 19.8 Å². The van der Waals surface area contributed by atoms with E-state index in [0.717, 1.165) is 36.2 Å². The van der Waals surface area contributed by atoms with Gasteiger partial charge in [-0.25, -0.2) is 8.42 Å². The van der Waals surface area contributed by atoms with E-state index in [0.29, 0.717) is 61.5 Å². The zero-order chi connectivity index (χ0) is 34.6. The van der Waals surface area contributed by atoms with Crippen LogP contribution in [-0.2, 0) is 37.5 Å². The molecule has 11 nitrogen and oxygen atoms in total. The summed E-state index contributed by atoms with van der Waals surface area (Å²) in [4.78, 5) is 35.9. The normalized spacial score (nSPS) is 18.2. The average Bonchev–Trinajstić information content (AvgIpc) is 3.51. The predicted molar refractivity (Wildman–Crippen MR) is 185 cm³/mol. The smallest absolute Gasteiger partial charge is 0.263 e. The standard InChI is InChI=1S/C36H47N5O6S/c1-7-9-15-32-37-36(18-12-19-40(23-36)34(42)24(3)4)35(43)41(32)21-27-16-17-29(28(20-27)22-46-8-2)30-13-10-11-14-31(30)48(44,45)39-33-25(5)26(6)47-38-33/h10-11,13-14,16-17,20,24H,7-9,12,15,18-19,21-23H2,1-6H3,(H,38,39)/t36-/m1/s1. The summed E-state index contributed by atoms with van der Waals surface area (Å²) >= 11 is 0. The molecule has 3 aromatic rings. The summed E-state index contributed by atoms with van der Waals surface area (Å²) in [7, 11) is -4.03. The van der Waals surface area contributed by atoms with Crippen molar-refractivity contribution in [1.82, 2.24) is 15.0 Å². The molecule has 1 fully saturated rings. The monoisotopic (exact) mass is 677 g/mol. The van der Waals surface area contributed by atoms with Gasteiger partial charge in [0.25, 0.3) is 15.9 Å². The highest BCUT2D eigenvalue weighted by atomic mass is 32.2. The topological polar surface area (TPSA) is 134 Å². The summed E-state index contributed by atoms with van der Waals surface area (Å²) < 4.78 is 41.0. The maximum Gasteiger partial charge on any atom is 0.263 e. The molecule has 2 aromatic carbocycles. The quantitative estimate of drug-likeness (QED) is 0.226. The first-order valence-corrected chi connectivity index (χ1v) is 18.3. The number of aliphatic imine (C=N–C) groups is 1. The van der Waals surface area contributed by atoms with Crippen molar-refractivity contribution >= 4 is 33.5 Å². The second-order valence-electron chi connectivity index (χ2n) is 13.0. The van der Waals surface area contributed by atoms with Gasteiger partial charge in [-0.05, 0) is 62.8 Å². The number of rotatable bonds is 13. The number of piperidine rings is 1. The Morgan fingerprint density at radius 3 is 2.58 bits per heavy atom. The Balaban J connectivity index is 1.48. The third kappa shape index (κ3) is 7.19. The lowest BCUT2D eigenvalue weighted by Gasteiger charge is -2.38. The van der Waals surface area contributed by atoms with Crippen LogP contribution in [0.25, 0.3) is 11.1 Å². The summed E-state index contributed by atoms with van der Waals surface area (Å²) in [5, 5.41) is 3.88. The molecular weight excluding hydrogens is 630 g/mol. The van der Waals surface area contributed by atoms with E-state index < -0.39 is 15.6 Å². The third-order valence-corrected chi connectivity index (χ3v) is 10.6. The number of carbonyl (C=O) groups is 2. The van der Waals surface area contributed by atoms with Gasteiger partial charge in [-0.1, -0.05) is 68.7 Å². The fraction of sp³-hybridized carbons (Fsp3) is 0.500. The number of sulfonamides is 1. The Labute approximate surface area is 283 Å². The molecule has 0 unspecified atom stereocenters. The summed E-state index contributed by atoms with van der Waals surface area (Å²) in [6, 6.07) is 12.6. The Bertz CT molecular complexity index is 1800. The zero-order valence-corrected chi connectivity index (χ0v) is 29.7. The van der Waals surface area contributed by atoms with E-state index in [1.165, 1.54) is 0 Å². The number of anilines is 1. The van der Waals surface area contributed by atoms with E-state index >= 15 is 0 Å². The van der Waals surface area contributed by atoms with Gasteiger partial charge in [-0.3, -0.25) is 24.2 Å². The van der Waals surface area contributed by atoms with Gasteiger partial charge in [0.1, 0.15) is 11.6 Å². The Morgan fingerprint density at radius 2 is 1.90 bits per heavy atom. The van der Waals surface area contributed by atoms with Gasteiger partial charge >= 0.3 is 0 Å². The Morgan fingerprint density at radius 1 is 1.12 bits per heavy atom. The molecular formula is C36H47N5O6S. The Hall–Kier alpha value is -4.03. The fourth-order valence-corrected chi connectivity index (χ4v) is 7.69. The van der Waals surface area contributed by atoms with Crippen LogP contribution in [0.3, 0.4) is 0 Å². The zero-order valence-electron chi connectivity index (χ0n) is 28.8. The highest BCUT2D eigenvalue weighted by molar-refractivity contribution is 7.92. The lowest BCUT2D eigenvalue weighted by molar-refractivity contribution is -0.140. The first kappa shape index (κ1) is 35.3. The molecule has 12 heteroatoms. The van der Waals surface area contributed by atoms with Crippen molar-refractivity contribution in [2.24, 2.45) is 10.9 Å². The number of amides is 2. The van der Waals surface area contributed by atoms with E-state index in [4.69, 9.17) is 14.3 Å². The summed E-state index contributed by atoms with van der Waals surface area (Å²) in [6.45, 7) is 13.2. The van der Waals surface area contributed by atoms with Crippen molar-refractivity contribution in [2.45, 2.75) is 97.2 Å². The fourth-order valence-electron chi connectivity index (χ4n) is 6.41. The molecule has 0 aliphatic carbocycles. The molecule has 1 saturated heterocycles. The molecule has 3 heterocycles. The number of nitrogens with zero attached hydrogens (tertiary/aromatic N) is 4. The van der Waals surface area contributed by atoms with Crippen LogP contribution in [-0.4, -0.2) is 66.3 Å². The Kier molecular flexibility index (Phi) is 10.7. The molecule has 2 aliphatic rings. The lowest BCUT2D eigenvalue weighted by Crippen LogP contribution is -2.55. The van der Waals surface area contributed by atoms with E-state index in [1.807, 2.05) is 39.0 Å². The maximum absolute atomic E-state index is 14.2. The van der Waals surface area contributed by atoms with Crippen LogP contribution < -0.4 is 4.72 Å². The third-order valence-electron chi connectivity index (χ3n) is 9.16. The van der Waals surface area contributed by atoms with Gasteiger partial charge in [0.05, 0.1) is 24.6 Å². The van der Waals surface area contributed by atoms with Gasteiger partial charge in [-0.15, -0.1) is 0 Å². The summed E-state index contributed by atoms with van der Waals surface area (Å²) in [5.41, 5.74) is 2.56. The molecule has 2 amide bonds. The number of aromatic nitrogens is 1. The summed E-state index contributed by atoms with van der Waals surface area (Å²) in [6.07, 6.45) is 3.87.